The molecule has 2 heteroatoms. The van der Waals surface area contributed by atoms with Gasteiger partial charge in [-0.15, -0.1) is 0 Å². The fourth-order valence-electron chi connectivity index (χ4n) is 1.18. The number of hydrogen-bond donors (Lipinski definition) is 0. The largest absolute Gasteiger partial charge is 0.306 e. The van der Waals surface area contributed by atoms with E-state index in [0.29, 0.717) is 18.4 Å². The summed E-state index contributed by atoms with van der Waals surface area (Å²) >= 11 is 0. The summed E-state index contributed by atoms with van der Waals surface area (Å²) in [5, 5.41) is 0. The lowest BCUT2D eigenvalue weighted by molar-refractivity contribution is -0.109. The van der Waals surface area contributed by atoms with E-state index >= 15 is 0 Å². The Morgan fingerprint density at radius 1 is 1.40 bits per heavy atom. The molecule has 0 bridgehead atoms. The second-order valence-corrected chi connectivity index (χ2v) is 3.18. The number of rotatable bonds is 4. The van der Waals surface area contributed by atoms with Gasteiger partial charge in [0.05, 0.1) is 0 Å². The molecule has 0 saturated heterocycles. The second kappa shape index (κ2) is 4.45. The van der Waals surface area contributed by atoms with E-state index in [4.69, 9.17) is 0 Å². The van der Waals surface area contributed by atoms with Crippen LogP contribution in [0.3, 0.4) is 0 Å². The number of carbonyl (C=O) groups is 1. The van der Waals surface area contributed by atoms with Gasteiger partial charge in [0.2, 0.25) is 0 Å². The number of aldehydes is 1. The van der Waals surface area contributed by atoms with Crippen molar-refractivity contribution in [3.8, 4) is 0 Å². The molecule has 0 fully saturated rings. The molecule has 0 amide bonds. The van der Waals surface area contributed by atoms with E-state index in [2.05, 4.69) is 18.7 Å². The molecule has 0 rings (SSSR count). The Labute approximate surface area is 63.2 Å². The van der Waals surface area contributed by atoms with Gasteiger partial charge < -0.3 is 9.69 Å². The number of carbonyl (C=O) groups excluding carboxylic acids is 1. The molecule has 1 atom stereocenters. The molecule has 2 nitrogen and oxygen atoms in total. The number of nitrogens with zero attached hydrogens (tertiary/aromatic N) is 1. The summed E-state index contributed by atoms with van der Waals surface area (Å²) in [6.45, 7) is 4.27. The van der Waals surface area contributed by atoms with Crippen molar-refractivity contribution in [2.75, 3.05) is 14.1 Å². The minimum Gasteiger partial charge on any atom is -0.306 e. The van der Waals surface area contributed by atoms with Gasteiger partial charge in [-0.1, -0.05) is 13.8 Å². The van der Waals surface area contributed by atoms with Crippen molar-refractivity contribution in [2.45, 2.75) is 26.3 Å². The molecule has 0 heterocycles. The monoisotopic (exact) mass is 143 g/mol. The molecule has 0 aromatic carbocycles. The highest BCUT2D eigenvalue weighted by atomic mass is 16.1. The van der Waals surface area contributed by atoms with Crippen molar-refractivity contribution < 1.29 is 4.79 Å². The van der Waals surface area contributed by atoms with Crippen molar-refractivity contribution in [1.29, 1.82) is 0 Å². The number of hydrogen-bond acceptors (Lipinski definition) is 2. The minimum absolute atomic E-state index is 0.400. The summed E-state index contributed by atoms with van der Waals surface area (Å²) in [4.78, 5) is 12.3. The molecule has 0 spiro atoms. The Kier molecular flexibility index (Phi) is 4.28. The Morgan fingerprint density at radius 2 is 1.90 bits per heavy atom. The van der Waals surface area contributed by atoms with Crippen molar-refractivity contribution >= 4 is 6.29 Å². The van der Waals surface area contributed by atoms with E-state index < -0.39 is 0 Å². The molecule has 0 saturated carbocycles. The van der Waals surface area contributed by atoms with Gasteiger partial charge in [-0.25, -0.2) is 0 Å². The SMILES string of the molecule is CC(C)[C@@H](CC=O)N(C)C. The average molecular weight is 143 g/mol. The Bertz CT molecular complexity index is 91.4. The summed E-state index contributed by atoms with van der Waals surface area (Å²) < 4.78 is 0. The Balaban J connectivity index is 3.84. The standard InChI is InChI=1S/C8H17NO/c1-7(2)8(5-6-10)9(3)4/h6-8H,5H2,1-4H3/t8-/m1/s1. The lowest BCUT2D eigenvalue weighted by Crippen LogP contribution is -2.32. The highest BCUT2D eigenvalue weighted by molar-refractivity contribution is 5.50. The van der Waals surface area contributed by atoms with Crippen LogP contribution in [0.4, 0.5) is 0 Å². The van der Waals surface area contributed by atoms with E-state index in [9.17, 15) is 4.79 Å². The second-order valence-electron chi connectivity index (χ2n) is 3.18. The normalized spacial score (nSPS) is 14.2. The van der Waals surface area contributed by atoms with Gasteiger partial charge in [-0.3, -0.25) is 0 Å². The van der Waals surface area contributed by atoms with Crippen molar-refractivity contribution in [3.05, 3.63) is 0 Å². The smallest absolute Gasteiger partial charge is 0.121 e. The van der Waals surface area contributed by atoms with E-state index in [1.807, 2.05) is 14.1 Å². The van der Waals surface area contributed by atoms with Crippen molar-refractivity contribution in [1.82, 2.24) is 4.90 Å². The Hall–Kier alpha value is -0.370. The third-order valence-corrected chi connectivity index (χ3v) is 1.77. The molecular formula is C8H17NO. The highest BCUT2D eigenvalue weighted by Gasteiger charge is 2.13. The molecule has 0 aromatic heterocycles. The maximum absolute atomic E-state index is 10.2. The van der Waals surface area contributed by atoms with Gasteiger partial charge in [0.15, 0.2) is 0 Å². The summed E-state index contributed by atoms with van der Waals surface area (Å²) in [5.41, 5.74) is 0. The first-order valence-electron chi connectivity index (χ1n) is 3.69. The maximum Gasteiger partial charge on any atom is 0.121 e. The first-order chi connectivity index (χ1) is 4.59. The van der Waals surface area contributed by atoms with E-state index in [1.54, 1.807) is 0 Å². The van der Waals surface area contributed by atoms with Crippen LogP contribution in [-0.2, 0) is 4.79 Å². The molecule has 0 aromatic rings. The van der Waals surface area contributed by atoms with Crippen LogP contribution in [0.25, 0.3) is 0 Å². The van der Waals surface area contributed by atoms with Crippen LogP contribution < -0.4 is 0 Å². The topological polar surface area (TPSA) is 20.3 Å². The van der Waals surface area contributed by atoms with Gasteiger partial charge >= 0.3 is 0 Å². The van der Waals surface area contributed by atoms with Crippen LogP contribution in [0.2, 0.25) is 0 Å². The summed E-state index contributed by atoms with van der Waals surface area (Å²) in [6, 6.07) is 0.400. The quantitative estimate of drug-likeness (QED) is 0.550. The van der Waals surface area contributed by atoms with E-state index in [-0.39, 0.29) is 0 Å². The molecule has 0 aliphatic carbocycles. The molecule has 0 radical (unpaired) electrons. The molecule has 10 heavy (non-hydrogen) atoms. The lowest BCUT2D eigenvalue weighted by Gasteiger charge is -2.25. The third kappa shape index (κ3) is 2.97. The van der Waals surface area contributed by atoms with Crippen LogP contribution in [0.1, 0.15) is 20.3 Å². The van der Waals surface area contributed by atoms with Gasteiger partial charge in [0.25, 0.3) is 0 Å². The van der Waals surface area contributed by atoms with Crippen molar-refractivity contribution in [3.63, 3.8) is 0 Å². The predicted molar refractivity (Wildman–Crippen MR) is 43.0 cm³/mol. The highest BCUT2D eigenvalue weighted by Crippen LogP contribution is 2.09. The summed E-state index contributed by atoms with van der Waals surface area (Å²) in [5.74, 6) is 0.556. The molecule has 0 N–H and O–H groups in total. The molecule has 60 valence electrons. The van der Waals surface area contributed by atoms with Crippen LogP contribution in [-0.4, -0.2) is 31.3 Å². The van der Waals surface area contributed by atoms with E-state index in [0.717, 1.165) is 6.29 Å². The molecule has 0 unspecified atom stereocenters. The Morgan fingerprint density at radius 3 is 2.00 bits per heavy atom. The van der Waals surface area contributed by atoms with Gasteiger partial charge in [-0.05, 0) is 20.0 Å². The fourth-order valence-corrected chi connectivity index (χ4v) is 1.18. The third-order valence-electron chi connectivity index (χ3n) is 1.77. The van der Waals surface area contributed by atoms with Crippen LogP contribution >= 0.6 is 0 Å². The fraction of sp³-hybridized carbons (Fsp3) is 0.875. The molecular weight excluding hydrogens is 126 g/mol. The minimum atomic E-state index is 0.400. The molecule has 0 aliphatic rings. The first-order valence-corrected chi connectivity index (χ1v) is 3.69. The van der Waals surface area contributed by atoms with Crippen LogP contribution in [0.15, 0.2) is 0 Å². The van der Waals surface area contributed by atoms with Crippen LogP contribution in [0, 0.1) is 5.92 Å². The van der Waals surface area contributed by atoms with Crippen molar-refractivity contribution in [2.24, 2.45) is 5.92 Å². The zero-order chi connectivity index (χ0) is 8.15. The summed E-state index contributed by atoms with van der Waals surface area (Å²) in [6.07, 6.45) is 1.63. The molecule has 0 aliphatic heterocycles. The predicted octanol–water partition coefficient (Wildman–Crippen LogP) is 1.16. The maximum atomic E-state index is 10.2. The summed E-state index contributed by atoms with van der Waals surface area (Å²) in [7, 11) is 4.02. The zero-order valence-corrected chi connectivity index (χ0v) is 7.29. The lowest BCUT2D eigenvalue weighted by atomic mass is 10.0. The van der Waals surface area contributed by atoms with Gasteiger partial charge in [0.1, 0.15) is 6.29 Å². The average Bonchev–Trinajstić information content (AvgIpc) is 1.81. The van der Waals surface area contributed by atoms with Crippen LogP contribution in [0.5, 0.6) is 0 Å². The van der Waals surface area contributed by atoms with E-state index in [1.165, 1.54) is 0 Å². The zero-order valence-electron chi connectivity index (χ0n) is 7.29. The first kappa shape index (κ1) is 9.63. The van der Waals surface area contributed by atoms with Gasteiger partial charge in [0, 0.05) is 12.5 Å². The van der Waals surface area contributed by atoms with Gasteiger partial charge in [-0.2, -0.15) is 0 Å².